The van der Waals surface area contributed by atoms with E-state index in [2.05, 4.69) is 15.2 Å². The number of likely N-dealkylation sites (tertiary alicyclic amines) is 1. The van der Waals surface area contributed by atoms with Crippen molar-refractivity contribution in [2.75, 3.05) is 12.3 Å². The molecule has 4 N–H and O–H groups in total. The zero-order chi connectivity index (χ0) is 12.4. The molecule has 1 saturated heterocycles. The van der Waals surface area contributed by atoms with Crippen molar-refractivity contribution < 1.29 is 14.7 Å². The third-order valence-corrected chi connectivity index (χ3v) is 2.75. The second-order valence-corrected chi connectivity index (χ2v) is 3.89. The van der Waals surface area contributed by atoms with Crippen molar-refractivity contribution >= 4 is 17.8 Å². The predicted molar refractivity (Wildman–Crippen MR) is 57.1 cm³/mol. The molecule has 0 aromatic carbocycles. The summed E-state index contributed by atoms with van der Waals surface area (Å²) in [5.74, 6) is -1.51. The van der Waals surface area contributed by atoms with Gasteiger partial charge in [-0.05, 0) is 19.3 Å². The molecule has 0 aliphatic carbocycles. The molecule has 8 nitrogen and oxygen atoms in total. The van der Waals surface area contributed by atoms with Gasteiger partial charge in [0.1, 0.15) is 6.04 Å². The number of aliphatic carboxylic acids is 1. The van der Waals surface area contributed by atoms with Gasteiger partial charge in [-0.25, -0.2) is 4.79 Å². The van der Waals surface area contributed by atoms with Gasteiger partial charge in [0.15, 0.2) is 0 Å². The fourth-order valence-corrected chi connectivity index (χ4v) is 1.94. The average Bonchev–Trinajstić information content (AvgIpc) is 2.75. The Labute approximate surface area is 96.8 Å². The highest BCUT2D eigenvalue weighted by atomic mass is 16.4. The lowest BCUT2D eigenvalue weighted by atomic mass is 10.0. The van der Waals surface area contributed by atoms with E-state index in [1.165, 1.54) is 4.90 Å². The van der Waals surface area contributed by atoms with Crippen LogP contribution in [-0.4, -0.2) is 49.7 Å². The maximum absolute atomic E-state index is 12.0. The van der Waals surface area contributed by atoms with E-state index in [1.54, 1.807) is 0 Å². The van der Waals surface area contributed by atoms with Crippen LogP contribution in [0.25, 0.3) is 0 Å². The van der Waals surface area contributed by atoms with E-state index < -0.39 is 17.9 Å². The molecule has 0 radical (unpaired) electrons. The number of aromatic nitrogens is 3. The zero-order valence-corrected chi connectivity index (χ0v) is 9.09. The number of anilines is 1. The topological polar surface area (TPSA) is 125 Å². The summed E-state index contributed by atoms with van der Waals surface area (Å²) in [6, 6.07) is -0.789. The number of carboxylic acid groups (broad SMARTS) is 1. The third kappa shape index (κ3) is 2.19. The van der Waals surface area contributed by atoms with E-state index in [4.69, 9.17) is 10.8 Å². The van der Waals surface area contributed by atoms with E-state index in [0.717, 1.165) is 12.8 Å². The number of rotatable bonds is 2. The Balaban J connectivity index is 2.19. The number of carboxylic acids is 1. The highest BCUT2D eigenvalue weighted by molar-refractivity contribution is 5.93. The van der Waals surface area contributed by atoms with Crippen LogP contribution in [0.2, 0.25) is 0 Å². The normalized spacial score (nSPS) is 20.2. The number of piperidine rings is 1. The maximum atomic E-state index is 12.0. The van der Waals surface area contributed by atoms with Crippen molar-refractivity contribution in [3.05, 3.63) is 5.82 Å². The molecule has 0 saturated carbocycles. The molecule has 2 rings (SSSR count). The monoisotopic (exact) mass is 239 g/mol. The highest BCUT2D eigenvalue weighted by Gasteiger charge is 2.33. The molecule has 1 aliphatic rings. The van der Waals surface area contributed by atoms with Crippen LogP contribution in [0.5, 0.6) is 0 Å². The number of hydrogen-bond acceptors (Lipinski definition) is 5. The Morgan fingerprint density at radius 1 is 1.47 bits per heavy atom. The number of nitrogens with zero attached hydrogens (tertiary/aromatic N) is 3. The summed E-state index contributed by atoms with van der Waals surface area (Å²) in [7, 11) is 0. The first-order chi connectivity index (χ1) is 8.09. The number of aromatic amines is 1. The van der Waals surface area contributed by atoms with Gasteiger partial charge >= 0.3 is 5.97 Å². The van der Waals surface area contributed by atoms with Crippen LogP contribution in [0.3, 0.4) is 0 Å². The van der Waals surface area contributed by atoms with Gasteiger partial charge in [0, 0.05) is 6.54 Å². The summed E-state index contributed by atoms with van der Waals surface area (Å²) < 4.78 is 0. The van der Waals surface area contributed by atoms with Gasteiger partial charge < -0.3 is 15.7 Å². The van der Waals surface area contributed by atoms with E-state index >= 15 is 0 Å². The smallest absolute Gasteiger partial charge is 0.326 e. The summed E-state index contributed by atoms with van der Waals surface area (Å²) in [5, 5.41) is 15.0. The molecule has 0 spiro atoms. The molecule has 1 fully saturated rings. The Hall–Kier alpha value is -2.12. The van der Waals surface area contributed by atoms with Gasteiger partial charge in [0.25, 0.3) is 5.91 Å². The van der Waals surface area contributed by atoms with Gasteiger partial charge in [0.05, 0.1) is 0 Å². The van der Waals surface area contributed by atoms with Gasteiger partial charge in [-0.1, -0.05) is 0 Å². The number of H-pyrrole nitrogens is 1. The van der Waals surface area contributed by atoms with E-state index in [-0.39, 0.29) is 11.8 Å². The molecule has 0 unspecified atom stereocenters. The maximum Gasteiger partial charge on any atom is 0.326 e. The average molecular weight is 239 g/mol. The van der Waals surface area contributed by atoms with Crippen LogP contribution in [0, 0.1) is 0 Å². The fraction of sp³-hybridized carbons (Fsp3) is 0.556. The zero-order valence-electron chi connectivity index (χ0n) is 9.09. The van der Waals surface area contributed by atoms with Crippen LogP contribution in [0.15, 0.2) is 0 Å². The number of nitrogen functional groups attached to an aromatic ring is 1. The minimum absolute atomic E-state index is 0.0179. The molecule has 8 heteroatoms. The van der Waals surface area contributed by atoms with Crippen LogP contribution < -0.4 is 5.73 Å². The van der Waals surface area contributed by atoms with Crippen LogP contribution in [0.1, 0.15) is 29.9 Å². The van der Waals surface area contributed by atoms with Crippen LogP contribution >= 0.6 is 0 Å². The van der Waals surface area contributed by atoms with Crippen LogP contribution in [0.4, 0.5) is 5.95 Å². The first kappa shape index (κ1) is 11.4. The molecular formula is C9H13N5O3. The number of hydrogen-bond donors (Lipinski definition) is 3. The Morgan fingerprint density at radius 2 is 2.24 bits per heavy atom. The van der Waals surface area contributed by atoms with Crippen molar-refractivity contribution in [2.45, 2.75) is 25.3 Å². The molecule has 17 heavy (non-hydrogen) atoms. The lowest BCUT2D eigenvalue weighted by molar-refractivity contribution is -0.143. The first-order valence-corrected chi connectivity index (χ1v) is 5.31. The second-order valence-electron chi connectivity index (χ2n) is 3.89. The Kier molecular flexibility index (Phi) is 2.94. The molecule has 1 atom stereocenters. The lowest BCUT2D eigenvalue weighted by Gasteiger charge is -2.32. The molecule has 1 aromatic rings. The summed E-state index contributed by atoms with van der Waals surface area (Å²) in [6.07, 6.45) is 2.06. The van der Waals surface area contributed by atoms with Crippen molar-refractivity contribution in [1.29, 1.82) is 0 Å². The first-order valence-electron chi connectivity index (χ1n) is 5.31. The number of nitrogens with one attached hydrogen (secondary N) is 1. The third-order valence-electron chi connectivity index (χ3n) is 2.75. The minimum atomic E-state index is -0.995. The number of carbonyl (C=O) groups is 2. The highest BCUT2D eigenvalue weighted by Crippen LogP contribution is 2.18. The molecule has 2 heterocycles. The quantitative estimate of drug-likeness (QED) is 0.636. The van der Waals surface area contributed by atoms with Crippen molar-refractivity contribution in [3.63, 3.8) is 0 Å². The fourth-order valence-electron chi connectivity index (χ4n) is 1.94. The molecule has 1 aliphatic heterocycles. The van der Waals surface area contributed by atoms with Gasteiger partial charge in [-0.2, -0.15) is 4.98 Å². The Bertz CT molecular complexity index is 444. The molecule has 1 aromatic heterocycles. The second kappa shape index (κ2) is 4.40. The molecule has 92 valence electrons. The van der Waals surface area contributed by atoms with Crippen molar-refractivity contribution in [1.82, 2.24) is 20.1 Å². The van der Waals surface area contributed by atoms with Crippen molar-refractivity contribution in [3.8, 4) is 0 Å². The number of carbonyl (C=O) groups excluding carboxylic acids is 1. The summed E-state index contributed by atoms with van der Waals surface area (Å²) in [6.45, 7) is 0.413. The summed E-state index contributed by atoms with van der Waals surface area (Å²) in [5.41, 5.74) is 5.30. The number of amides is 1. The van der Waals surface area contributed by atoms with Crippen LogP contribution in [-0.2, 0) is 4.79 Å². The molecular weight excluding hydrogens is 226 g/mol. The standard InChI is InChI=1S/C9H13N5O3/c10-9-11-6(12-13-9)7(15)14-4-2-1-3-5(14)8(16)17/h5H,1-4H2,(H,16,17)(H3,10,11,12,13)/t5-/m1/s1. The van der Waals surface area contributed by atoms with Gasteiger partial charge in [0.2, 0.25) is 11.8 Å². The number of nitrogens with two attached hydrogens (primary N) is 1. The van der Waals surface area contributed by atoms with Gasteiger partial charge in [-0.3, -0.25) is 9.89 Å². The summed E-state index contributed by atoms with van der Waals surface area (Å²) in [4.78, 5) is 28.0. The van der Waals surface area contributed by atoms with Gasteiger partial charge in [-0.15, -0.1) is 5.10 Å². The van der Waals surface area contributed by atoms with Crippen molar-refractivity contribution in [2.24, 2.45) is 0 Å². The SMILES string of the molecule is Nc1n[nH]c(C(=O)N2CCCC[C@@H]2C(=O)O)n1. The largest absolute Gasteiger partial charge is 0.480 e. The van der Waals surface area contributed by atoms with E-state index in [9.17, 15) is 9.59 Å². The molecule has 0 bridgehead atoms. The Morgan fingerprint density at radius 3 is 2.82 bits per heavy atom. The summed E-state index contributed by atoms with van der Waals surface area (Å²) >= 11 is 0. The lowest BCUT2D eigenvalue weighted by Crippen LogP contribution is -2.48. The van der Waals surface area contributed by atoms with E-state index in [0.29, 0.717) is 13.0 Å². The van der Waals surface area contributed by atoms with E-state index in [1.807, 2.05) is 0 Å². The predicted octanol–water partition coefficient (Wildman–Crippen LogP) is -0.534. The minimum Gasteiger partial charge on any atom is -0.480 e. The molecule has 1 amide bonds.